The molecule has 1 aromatic rings. The maximum absolute atomic E-state index is 2.46. The van der Waals surface area contributed by atoms with E-state index in [1.165, 1.54) is 56.9 Å². The van der Waals surface area contributed by atoms with Gasteiger partial charge in [-0.05, 0) is 31.7 Å². The molecule has 0 saturated heterocycles. The minimum Gasteiger partial charge on any atom is -0.202 e. The zero-order chi connectivity index (χ0) is 11.2. The fourth-order valence-corrected chi connectivity index (χ4v) is 2.68. The van der Waals surface area contributed by atoms with Gasteiger partial charge in [-0.3, -0.25) is 0 Å². The summed E-state index contributed by atoms with van der Waals surface area (Å²) >= 11 is 0. The molecule has 88 valence electrons. The average molecular weight is 218 g/mol. The number of rotatable bonds is 4. The molecule has 1 fully saturated rings. The van der Waals surface area contributed by atoms with Gasteiger partial charge in [0.15, 0.2) is 18.4 Å². The predicted molar refractivity (Wildman–Crippen MR) is 67.4 cm³/mol. The van der Waals surface area contributed by atoms with Crippen molar-refractivity contribution in [1.29, 1.82) is 0 Å². The first-order valence-electron chi connectivity index (χ1n) is 6.90. The maximum Gasteiger partial charge on any atom is 0.172 e. The maximum atomic E-state index is 2.46. The highest BCUT2D eigenvalue weighted by Crippen LogP contribution is 2.23. The van der Waals surface area contributed by atoms with Crippen LogP contribution >= 0.6 is 0 Å². The summed E-state index contributed by atoms with van der Waals surface area (Å²) in [5, 5.41) is 0. The van der Waals surface area contributed by atoms with E-state index in [1.807, 2.05) is 0 Å². The van der Waals surface area contributed by atoms with Crippen LogP contribution in [0.1, 0.15) is 63.5 Å². The van der Waals surface area contributed by atoms with Crippen molar-refractivity contribution < 1.29 is 4.57 Å². The summed E-state index contributed by atoms with van der Waals surface area (Å²) in [6.07, 6.45) is 15.5. The quantitative estimate of drug-likeness (QED) is 0.676. The highest BCUT2D eigenvalue weighted by atomic mass is 15.0. The van der Waals surface area contributed by atoms with Crippen LogP contribution in [-0.4, -0.2) is 0 Å². The molecule has 0 aromatic carbocycles. The minimum absolute atomic E-state index is 0.773. The van der Waals surface area contributed by atoms with Gasteiger partial charge in [0.2, 0.25) is 0 Å². The minimum atomic E-state index is 0.773. The monoisotopic (exact) mass is 218 g/mol. The second kappa shape index (κ2) is 6.03. The molecule has 1 nitrogen and oxygen atoms in total. The first-order chi connectivity index (χ1) is 7.90. The Morgan fingerprint density at radius 1 is 1.25 bits per heavy atom. The SMILES string of the molecule is CCCCc1ccc[n+](C2CCCCC2)c1. The Balaban J connectivity index is 2.02. The summed E-state index contributed by atoms with van der Waals surface area (Å²) in [4.78, 5) is 0. The Hall–Kier alpha value is -0.850. The van der Waals surface area contributed by atoms with Gasteiger partial charge in [-0.15, -0.1) is 0 Å². The van der Waals surface area contributed by atoms with Crippen molar-refractivity contribution in [3.8, 4) is 0 Å². The number of hydrogen-bond donors (Lipinski definition) is 0. The van der Waals surface area contributed by atoms with Crippen LogP contribution in [0.5, 0.6) is 0 Å². The highest BCUT2D eigenvalue weighted by Gasteiger charge is 2.21. The topological polar surface area (TPSA) is 3.88 Å². The Kier molecular flexibility index (Phi) is 4.38. The molecule has 0 atom stereocenters. The van der Waals surface area contributed by atoms with Crippen LogP contribution in [0.15, 0.2) is 24.5 Å². The van der Waals surface area contributed by atoms with Gasteiger partial charge < -0.3 is 0 Å². The van der Waals surface area contributed by atoms with E-state index >= 15 is 0 Å². The van der Waals surface area contributed by atoms with Crippen molar-refractivity contribution in [2.45, 2.75) is 64.3 Å². The van der Waals surface area contributed by atoms with Gasteiger partial charge in [0, 0.05) is 24.5 Å². The van der Waals surface area contributed by atoms with Crippen LogP contribution in [0.3, 0.4) is 0 Å². The number of aromatic nitrogens is 1. The first kappa shape index (κ1) is 11.6. The van der Waals surface area contributed by atoms with E-state index in [0.717, 1.165) is 6.04 Å². The van der Waals surface area contributed by atoms with E-state index in [2.05, 4.69) is 36.0 Å². The fourth-order valence-electron chi connectivity index (χ4n) is 2.68. The van der Waals surface area contributed by atoms with E-state index in [-0.39, 0.29) is 0 Å². The van der Waals surface area contributed by atoms with Crippen LogP contribution in [-0.2, 0) is 6.42 Å². The van der Waals surface area contributed by atoms with Crippen LogP contribution in [0, 0.1) is 0 Å². The number of nitrogens with zero attached hydrogens (tertiary/aromatic N) is 1. The van der Waals surface area contributed by atoms with Crippen molar-refractivity contribution in [3.05, 3.63) is 30.1 Å². The molecule has 2 rings (SSSR count). The molecule has 0 amide bonds. The molecule has 1 heteroatoms. The van der Waals surface area contributed by atoms with Crippen molar-refractivity contribution >= 4 is 0 Å². The highest BCUT2D eigenvalue weighted by molar-refractivity contribution is 5.05. The molecule has 1 saturated carbocycles. The van der Waals surface area contributed by atoms with Gasteiger partial charge in [0.1, 0.15) is 0 Å². The number of unbranched alkanes of at least 4 members (excludes halogenated alkanes) is 1. The number of hydrogen-bond acceptors (Lipinski definition) is 0. The van der Waals surface area contributed by atoms with E-state index in [4.69, 9.17) is 0 Å². The third kappa shape index (κ3) is 3.07. The Labute approximate surface area is 99.5 Å². The smallest absolute Gasteiger partial charge is 0.172 e. The molecule has 0 unspecified atom stereocenters. The molecule has 0 bridgehead atoms. The van der Waals surface area contributed by atoms with E-state index in [1.54, 1.807) is 0 Å². The third-order valence-electron chi connectivity index (χ3n) is 3.70. The van der Waals surface area contributed by atoms with Gasteiger partial charge in [0.05, 0.1) is 0 Å². The lowest BCUT2D eigenvalue weighted by Gasteiger charge is -2.17. The molecule has 0 radical (unpaired) electrons. The summed E-state index contributed by atoms with van der Waals surface area (Å²) < 4.78 is 2.46. The second-order valence-corrected chi connectivity index (χ2v) is 5.05. The summed E-state index contributed by atoms with van der Waals surface area (Å²) in [7, 11) is 0. The molecule has 0 aliphatic heterocycles. The summed E-state index contributed by atoms with van der Waals surface area (Å²) in [5.41, 5.74) is 1.51. The van der Waals surface area contributed by atoms with Crippen LogP contribution in [0.2, 0.25) is 0 Å². The van der Waals surface area contributed by atoms with Gasteiger partial charge in [-0.2, -0.15) is 0 Å². The zero-order valence-electron chi connectivity index (χ0n) is 10.5. The van der Waals surface area contributed by atoms with Crippen LogP contribution < -0.4 is 4.57 Å². The normalized spacial score (nSPS) is 17.6. The molecule has 1 heterocycles. The lowest BCUT2D eigenvalue weighted by Crippen LogP contribution is -2.40. The first-order valence-corrected chi connectivity index (χ1v) is 6.90. The van der Waals surface area contributed by atoms with Crippen molar-refractivity contribution in [3.63, 3.8) is 0 Å². The zero-order valence-corrected chi connectivity index (χ0v) is 10.5. The van der Waals surface area contributed by atoms with E-state index in [9.17, 15) is 0 Å². The van der Waals surface area contributed by atoms with Crippen LogP contribution in [0.25, 0.3) is 0 Å². The molecular formula is C15H24N+. The molecule has 1 aliphatic carbocycles. The lowest BCUT2D eigenvalue weighted by atomic mass is 9.95. The fraction of sp³-hybridized carbons (Fsp3) is 0.667. The second-order valence-electron chi connectivity index (χ2n) is 5.05. The standard InChI is InChI=1S/C15H24N/c1-2-3-8-14-9-7-12-16(13-14)15-10-5-4-6-11-15/h7,9,12-13,15H,2-6,8,10-11H2,1H3/q+1. The van der Waals surface area contributed by atoms with Gasteiger partial charge in [0.25, 0.3) is 0 Å². The van der Waals surface area contributed by atoms with Crippen LogP contribution in [0.4, 0.5) is 0 Å². The van der Waals surface area contributed by atoms with Gasteiger partial charge in [-0.25, -0.2) is 4.57 Å². The summed E-state index contributed by atoms with van der Waals surface area (Å²) in [6.45, 7) is 2.26. The van der Waals surface area contributed by atoms with Crippen molar-refractivity contribution in [1.82, 2.24) is 0 Å². The number of aryl methyl sites for hydroxylation is 1. The van der Waals surface area contributed by atoms with Crippen molar-refractivity contribution in [2.75, 3.05) is 0 Å². The largest absolute Gasteiger partial charge is 0.202 e. The third-order valence-corrected chi connectivity index (χ3v) is 3.70. The lowest BCUT2D eigenvalue weighted by molar-refractivity contribution is -0.726. The summed E-state index contributed by atoms with van der Waals surface area (Å²) in [5.74, 6) is 0. The Morgan fingerprint density at radius 2 is 2.06 bits per heavy atom. The number of pyridine rings is 1. The van der Waals surface area contributed by atoms with E-state index in [0.29, 0.717) is 0 Å². The molecular weight excluding hydrogens is 194 g/mol. The van der Waals surface area contributed by atoms with Crippen molar-refractivity contribution in [2.24, 2.45) is 0 Å². The molecule has 0 spiro atoms. The molecule has 0 N–H and O–H groups in total. The van der Waals surface area contributed by atoms with E-state index < -0.39 is 0 Å². The Bertz CT molecular complexity index is 313. The molecule has 1 aliphatic rings. The van der Waals surface area contributed by atoms with Gasteiger partial charge >= 0.3 is 0 Å². The molecule has 16 heavy (non-hydrogen) atoms. The Morgan fingerprint density at radius 3 is 2.81 bits per heavy atom. The average Bonchev–Trinajstić information content (AvgIpc) is 2.38. The predicted octanol–water partition coefficient (Wildman–Crippen LogP) is 3.82. The molecule has 1 aromatic heterocycles. The van der Waals surface area contributed by atoms with Gasteiger partial charge in [-0.1, -0.05) is 19.8 Å². The summed E-state index contributed by atoms with van der Waals surface area (Å²) in [6, 6.07) is 5.27.